The first-order chi connectivity index (χ1) is 9.97. The van der Waals surface area contributed by atoms with Crippen LogP contribution in [0.4, 0.5) is 0 Å². The Morgan fingerprint density at radius 2 is 2.14 bits per heavy atom. The summed E-state index contributed by atoms with van der Waals surface area (Å²) in [5.41, 5.74) is 1.99. The van der Waals surface area contributed by atoms with Crippen LogP contribution in [0.5, 0.6) is 5.75 Å². The molecule has 114 valence electrons. The van der Waals surface area contributed by atoms with Crippen LogP contribution < -0.4 is 10.1 Å². The summed E-state index contributed by atoms with van der Waals surface area (Å²) in [6.45, 7) is 4.04. The highest BCUT2D eigenvalue weighted by Crippen LogP contribution is 2.19. The van der Waals surface area contributed by atoms with Gasteiger partial charge in [0.15, 0.2) is 6.61 Å². The van der Waals surface area contributed by atoms with Crippen molar-refractivity contribution in [3.05, 3.63) is 29.3 Å². The molecule has 1 aromatic carbocycles. The molecule has 2 atom stereocenters. The zero-order valence-electron chi connectivity index (χ0n) is 12.1. The van der Waals surface area contributed by atoms with Gasteiger partial charge in [-0.1, -0.05) is 12.1 Å². The smallest absolute Gasteiger partial charge is 0.311 e. The van der Waals surface area contributed by atoms with Gasteiger partial charge in [0.25, 0.3) is 5.91 Å². The predicted molar refractivity (Wildman–Crippen MR) is 75.3 cm³/mol. The third kappa shape index (κ3) is 3.95. The largest absolute Gasteiger partial charge is 0.483 e. The molecule has 6 heteroatoms. The Labute approximate surface area is 123 Å². The first kappa shape index (κ1) is 15.3. The van der Waals surface area contributed by atoms with E-state index in [0.717, 1.165) is 11.1 Å². The maximum Gasteiger partial charge on any atom is 0.311 e. The summed E-state index contributed by atoms with van der Waals surface area (Å²) >= 11 is 0. The molecule has 1 amide bonds. The maximum absolute atomic E-state index is 11.9. The summed E-state index contributed by atoms with van der Waals surface area (Å²) in [6.07, 6.45) is 0. The van der Waals surface area contributed by atoms with E-state index in [0.29, 0.717) is 5.75 Å². The molecule has 1 heterocycles. The van der Waals surface area contributed by atoms with E-state index in [1.165, 1.54) is 0 Å². The molecule has 6 nitrogen and oxygen atoms in total. The third-order valence-electron chi connectivity index (χ3n) is 3.45. The number of carbonyl (C=O) groups is 2. The van der Waals surface area contributed by atoms with Crippen molar-refractivity contribution in [1.82, 2.24) is 5.32 Å². The predicted octanol–water partition coefficient (Wildman–Crippen LogP) is 0.898. The van der Waals surface area contributed by atoms with Gasteiger partial charge in [0.05, 0.1) is 19.3 Å². The van der Waals surface area contributed by atoms with Crippen molar-refractivity contribution in [2.75, 3.05) is 19.8 Å². The Morgan fingerprint density at radius 1 is 1.38 bits per heavy atom. The van der Waals surface area contributed by atoms with E-state index in [2.05, 4.69) is 5.32 Å². The van der Waals surface area contributed by atoms with E-state index in [-0.39, 0.29) is 25.7 Å². The van der Waals surface area contributed by atoms with Crippen LogP contribution in [0.2, 0.25) is 0 Å². The molecule has 0 spiro atoms. The number of hydrogen-bond acceptors (Lipinski definition) is 4. The topological polar surface area (TPSA) is 84.9 Å². The second-order valence-electron chi connectivity index (χ2n) is 5.21. The molecule has 0 aromatic heterocycles. The SMILES string of the molecule is Cc1ccc(C)c(OCC(=O)NC2COCC2C(=O)O)c1. The van der Waals surface area contributed by atoms with Gasteiger partial charge in [0.1, 0.15) is 11.7 Å². The van der Waals surface area contributed by atoms with Gasteiger partial charge in [-0.25, -0.2) is 0 Å². The monoisotopic (exact) mass is 293 g/mol. The second kappa shape index (κ2) is 6.58. The number of carboxylic acids is 1. The van der Waals surface area contributed by atoms with Gasteiger partial charge in [-0.05, 0) is 31.0 Å². The Kier molecular flexibility index (Phi) is 4.80. The Hall–Kier alpha value is -2.08. The first-order valence-electron chi connectivity index (χ1n) is 6.77. The van der Waals surface area contributed by atoms with Crippen LogP contribution in [-0.2, 0) is 14.3 Å². The number of carboxylic acid groups (broad SMARTS) is 1. The lowest BCUT2D eigenvalue weighted by Crippen LogP contribution is -2.44. The Morgan fingerprint density at radius 3 is 2.86 bits per heavy atom. The van der Waals surface area contributed by atoms with E-state index in [4.69, 9.17) is 14.6 Å². The standard InChI is InChI=1S/C15H19NO5/c1-9-3-4-10(2)13(5-9)21-8-14(17)16-12-7-20-6-11(12)15(18)19/h3-5,11-12H,6-8H2,1-2H3,(H,16,17)(H,18,19). The highest BCUT2D eigenvalue weighted by atomic mass is 16.5. The van der Waals surface area contributed by atoms with Crippen LogP contribution in [0, 0.1) is 19.8 Å². The highest BCUT2D eigenvalue weighted by molar-refractivity contribution is 5.79. The quantitative estimate of drug-likeness (QED) is 0.842. The Bertz CT molecular complexity index is 543. The van der Waals surface area contributed by atoms with Crippen molar-refractivity contribution in [1.29, 1.82) is 0 Å². The minimum absolute atomic E-state index is 0.123. The first-order valence-corrected chi connectivity index (χ1v) is 6.77. The summed E-state index contributed by atoms with van der Waals surface area (Å²) < 4.78 is 10.6. The number of benzene rings is 1. The molecule has 0 bridgehead atoms. The van der Waals surface area contributed by atoms with Crippen molar-refractivity contribution < 1.29 is 24.2 Å². The number of carbonyl (C=O) groups excluding carboxylic acids is 1. The number of aryl methyl sites for hydroxylation is 2. The minimum atomic E-state index is -0.965. The van der Waals surface area contributed by atoms with Crippen LogP contribution in [0.25, 0.3) is 0 Å². The number of ether oxygens (including phenoxy) is 2. The molecule has 1 aromatic rings. The van der Waals surface area contributed by atoms with Crippen molar-refractivity contribution >= 4 is 11.9 Å². The van der Waals surface area contributed by atoms with E-state index >= 15 is 0 Å². The van der Waals surface area contributed by atoms with Gasteiger partial charge in [0, 0.05) is 0 Å². The van der Waals surface area contributed by atoms with Crippen LogP contribution in [0.1, 0.15) is 11.1 Å². The molecule has 0 aliphatic carbocycles. The molecule has 2 N–H and O–H groups in total. The minimum Gasteiger partial charge on any atom is -0.483 e. The van der Waals surface area contributed by atoms with E-state index < -0.39 is 17.9 Å². The number of rotatable bonds is 5. The molecule has 2 rings (SSSR count). The number of hydrogen-bond donors (Lipinski definition) is 2. The van der Waals surface area contributed by atoms with Crippen molar-refractivity contribution in [2.45, 2.75) is 19.9 Å². The lowest BCUT2D eigenvalue weighted by atomic mass is 10.0. The fraction of sp³-hybridized carbons (Fsp3) is 0.467. The summed E-state index contributed by atoms with van der Waals surface area (Å²) in [6, 6.07) is 5.25. The lowest BCUT2D eigenvalue weighted by molar-refractivity contribution is -0.142. The fourth-order valence-corrected chi connectivity index (χ4v) is 2.19. The maximum atomic E-state index is 11.9. The molecule has 0 saturated carbocycles. The van der Waals surface area contributed by atoms with Gasteiger partial charge >= 0.3 is 5.97 Å². The average Bonchev–Trinajstić information content (AvgIpc) is 2.88. The molecule has 0 radical (unpaired) electrons. The molecule has 1 aliphatic rings. The normalized spacial score (nSPS) is 21.0. The molecule has 2 unspecified atom stereocenters. The highest BCUT2D eigenvalue weighted by Gasteiger charge is 2.35. The molecule has 1 aliphatic heterocycles. The summed E-state index contributed by atoms with van der Waals surface area (Å²) in [5.74, 6) is -1.36. The van der Waals surface area contributed by atoms with E-state index in [9.17, 15) is 9.59 Å². The molecule has 1 fully saturated rings. The van der Waals surface area contributed by atoms with Crippen LogP contribution >= 0.6 is 0 Å². The number of amides is 1. The van der Waals surface area contributed by atoms with E-state index in [1.807, 2.05) is 32.0 Å². The zero-order valence-corrected chi connectivity index (χ0v) is 12.1. The van der Waals surface area contributed by atoms with Crippen molar-refractivity contribution in [3.63, 3.8) is 0 Å². The van der Waals surface area contributed by atoms with Crippen molar-refractivity contribution in [2.24, 2.45) is 5.92 Å². The molecular formula is C15H19NO5. The zero-order chi connectivity index (χ0) is 15.4. The number of nitrogens with one attached hydrogen (secondary N) is 1. The van der Waals surface area contributed by atoms with Gasteiger partial charge in [-0.15, -0.1) is 0 Å². The lowest BCUT2D eigenvalue weighted by Gasteiger charge is -2.16. The van der Waals surface area contributed by atoms with Crippen molar-refractivity contribution in [3.8, 4) is 5.75 Å². The van der Waals surface area contributed by atoms with Gasteiger partial charge in [0.2, 0.25) is 0 Å². The fourth-order valence-electron chi connectivity index (χ4n) is 2.19. The third-order valence-corrected chi connectivity index (χ3v) is 3.45. The Balaban J connectivity index is 1.87. The summed E-state index contributed by atoms with van der Waals surface area (Å²) in [4.78, 5) is 22.8. The van der Waals surface area contributed by atoms with E-state index in [1.54, 1.807) is 0 Å². The van der Waals surface area contributed by atoms with Crippen LogP contribution in [0.15, 0.2) is 18.2 Å². The summed E-state index contributed by atoms with van der Waals surface area (Å²) in [7, 11) is 0. The van der Waals surface area contributed by atoms with Gasteiger partial charge in [-0.3, -0.25) is 9.59 Å². The van der Waals surface area contributed by atoms with Gasteiger partial charge in [-0.2, -0.15) is 0 Å². The number of aliphatic carboxylic acids is 1. The van der Waals surface area contributed by atoms with Crippen LogP contribution in [0.3, 0.4) is 0 Å². The average molecular weight is 293 g/mol. The van der Waals surface area contributed by atoms with Gasteiger partial charge < -0.3 is 19.9 Å². The molecule has 1 saturated heterocycles. The molecule has 21 heavy (non-hydrogen) atoms. The molecular weight excluding hydrogens is 274 g/mol. The summed E-state index contributed by atoms with van der Waals surface area (Å²) in [5, 5.41) is 11.7. The van der Waals surface area contributed by atoms with Crippen LogP contribution in [-0.4, -0.2) is 42.8 Å². The second-order valence-corrected chi connectivity index (χ2v) is 5.21.